The Morgan fingerprint density at radius 1 is 1.16 bits per heavy atom. The van der Waals surface area contributed by atoms with Crippen molar-refractivity contribution in [3.05, 3.63) is 65.6 Å². The average Bonchev–Trinajstić information content (AvgIpc) is 3.43. The van der Waals surface area contributed by atoms with Gasteiger partial charge in [-0.3, -0.25) is 14.2 Å². The lowest BCUT2D eigenvalue weighted by molar-refractivity contribution is -0.114. The van der Waals surface area contributed by atoms with Crippen molar-refractivity contribution in [2.45, 2.75) is 37.8 Å². The molecule has 0 saturated heterocycles. The number of fused-ring (bicyclic) bond motifs is 1. The van der Waals surface area contributed by atoms with Crippen LogP contribution < -0.4 is 5.32 Å². The fraction of sp³-hybridized carbons (Fsp3) is 0.250. The van der Waals surface area contributed by atoms with Crippen LogP contribution in [0.5, 0.6) is 0 Å². The first kappa shape index (κ1) is 20.5. The second-order valence-corrected chi connectivity index (χ2v) is 9.01. The molecule has 162 valence electrons. The van der Waals surface area contributed by atoms with Crippen molar-refractivity contribution in [1.82, 2.24) is 19.7 Å². The number of para-hydroxylation sites is 1. The number of aromatic amines is 1. The van der Waals surface area contributed by atoms with Gasteiger partial charge in [-0.2, -0.15) is 0 Å². The number of thioether (sulfide) groups is 1. The number of H-pyrrole nitrogens is 1. The molecule has 8 heteroatoms. The summed E-state index contributed by atoms with van der Waals surface area (Å²) < 4.78 is 2.02. The molecule has 1 saturated carbocycles. The van der Waals surface area contributed by atoms with E-state index in [1.807, 2.05) is 60.0 Å². The van der Waals surface area contributed by atoms with Crippen LogP contribution in [-0.2, 0) is 4.79 Å². The zero-order chi connectivity index (χ0) is 22.2. The van der Waals surface area contributed by atoms with Crippen molar-refractivity contribution in [1.29, 1.82) is 0 Å². The lowest BCUT2D eigenvalue weighted by Gasteiger charge is -2.11. The highest BCUT2D eigenvalue weighted by atomic mass is 32.2. The van der Waals surface area contributed by atoms with Gasteiger partial charge in [0.25, 0.3) is 0 Å². The molecule has 2 N–H and O–H groups in total. The molecule has 7 nitrogen and oxygen atoms in total. The first-order valence-corrected chi connectivity index (χ1v) is 11.6. The van der Waals surface area contributed by atoms with Crippen molar-refractivity contribution in [2.75, 3.05) is 11.1 Å². The summed E-state index contributed by atoms with van der Waals surface area (Å²) >= 11 is 1.39. The molecule has 2 aromatic carbocycles. The maximum absolute atomic E-state index is 13.1. The number of rotatable bonds is 7. The summed E-state index contributed by atoms with van der Waals surface area (Å²) in [4.78, 5) is 27.9. The van der Waals surface area contributed by atoms with Crippen LogP contribution in [0.2, 0.25) is 0 Å². The summed E-state index contributed by atoms with van der Waals surface area (Å²) in [6, 6.07) is 15.5. The first-order valence-electron chi connectivity index (χ1n) is 10.6. The number of Topliss-reactive ketones (excluding diaryl/α,β-unsaturated/α-hetero) is 1. The summed E-state index contributed by atoms with van der Waals surface area (Å²) in [6.07, 6.45) is 2.17. The number of nitrogens with zero attached hydrogens (tertiary/aromatic N) is 3. The summed E-state index contributed by atoms with van der Waals surface area (Å²) in [5.41, 5.74) is 4.16. The summed E-state index contributed by atoms with van der Waals surface area (Å²) in [7, 11) is 0. The van der Waals surface area contributed by atoms with E-state index >= 15 is 0 Å². The van der Waals surface area contributed by atoms with Crippen LogP contribution in [0.1, 0.15) is 47.6 Å². The lowest BCUT2D eigenvalue weighted by Crippen LogP contribution is -2.08. The number of anilines is 1. The number of aromatic nitrogens is 4. The van der Waals surface area contributed by atoms with Crippen molar-refractivity contribution in [3.63, 3.8) is 0 Å². The Labute approximate surface area is 189 Å². The molecule has 4 aromatic rings. The topological polar surface area (TPSA) is 92.7 Å². The van der Waals surface area contributed by atoms with E-state index in [1.165, 1.54) is 18.7 Å². The van der Waals surface area contributed by atoms with Gasteiger partial charge in [0, 0.05) is 40.7 Å². The van der Waals surface area contributed by atoms with E-state index in [-0.39, 0.29) is 17.4 Å². The highest BCUT2D eigenvalue weighted by Gasteiger charge is 2.31. The third-order valence-electron chi connectivity index (χ3n) is 5.53. The van der Waals surface area contributed by atoms with E-state index in [2.05, 4.69) is 20.5 Å². The largest absolute Gasteiger partial charge is 0.358 e. The van der Waals surface area contributed by atoms with Crippen molar-refractivity contribution in [2.24, 2.45) is 0 Å². The van der Waals surface area contributed by atoms with Crippen molar-refractivity contribution >= 4 is 40.0 Å². The summed E-state index contributed by atoms with van der Waals surface area (Å²) in [5.74, 6) is 1.48. The van der Waals surface area contributed by atoms with E-state index in [4.69, 9.17) is 0 Å². The van der Waals surface area contributed by atoms with Crippen molar-refractivity contribution in [3.8, 4) is 5.69 Å². The smallest absolute Gasteiger partial charge is 0.221 e. The number of amides is 1. The fourth-order valence-electron chi connectivity index (χ4n) is 3.99. The van der Waals surface area contributed by atoms with Gasteiger partial charge in [0.2, 0.25) is 5.91 Å². The van der Waals surface area contributed by atoms with Gasteiger partial charge in [0.05, 0.1) is 11.4 Å². The number of carbonyl (C=O) groups excluding carboxylic acids is 2. The Hall–Kier alpha value is -3.39. The highest BCUT2D eigenvalue weighted by molar-refractivity contribution is 7.99. The van der Waals surface area contributed by atoms with Gasteiger partial charge < -0.3 is 10.3 Å². The molecule has 1 amide bonds. The average molecular weight is 446 g/mol. The van der Waals surface area contributed by atoms with Gasteiger partial charge in [-0.15, -0.1) is 10.2 Å². The second kappa shape index (κ2) is 8.27. The number of nitrogens with one attached hydrogen (secondary N) is 2. The molecule has 0 spiro atoms. The van der Waals surface area contributed by atoms with Crippen LogP contribution in [0.15, 0.2) is 53.7 Å². The Morgan fingerprint density at radius 3 is 2.75 bits per heavy atom. The Morgan fingerprint density at radius 2 is 1.97 bits per heavy atom. The zero-order valence-electron chi connectivity index (χ0n) is 17.9. The van der Waals surface area contributed by atoms with Crippen LogP contribution >= 0.6 is 11.8 Å². The second-order valence-electron chi connectivity index (χ2n) is 8.06. The number of carbonyl (C=O) groups is 2. The molecular weight excluding hydrogens is 422 g/mol. The number of benzene rings is 2. The fourth-order valence-corrected chi connectivity index (χ4v) is 4.82. The van der Waals surface area contributed by atoms with Gasteiger partial charge in [-0.05, 0) is 44.0 Å². The van der Waals surface area contributed by atoms with Crippen LogP contribution in [0.3, 0.4) is 0 Å². The minimum atomic E-state index is -0.123. The van der Waals surface area contributed by atoms with Gasteiger partial charge in [0.1, 0.15) is 5.82 Å². The van der Waals surface area contributed by atoms with E-state index in [0.717, 1.165) is 46.5 Å². The van der Waals surface area contributed by atoms with Crippen LogP contribution in [0, 0.1) is 6.92 Å². The minimum Gasteiger partial charge on any atom is -0.358 e. The van der Waals surface area contributed by atoms with Crippen LogP contribution in [-0.4, -0.2) is 37.2 Å². The third kappa shape index (κ3) is 3.93. The molecule has 2 heterocycles. The molecule has 2 aromatic heterocycles. The molecule has 0 atom stereocenters. The monoisotopic (exact) mass is 445 g/mol. The quantitative estimate of drug-likeness (QED) is 0.313. The molecular formula is C24H23N5O2S. The minimum absolute atomic E-state index is 0.0551. The Balaban J connectivity index is 1.44. The van der Waals surface area contributed by atoms with Crippen LogP contribution in [0.25, 0.3) is 16.6 Å². The Kier molecular flexibility index (Phi) is 5.30. The molecule has 0 unspecified atom stereocenters. The van der Waals surface area contributed by atoms with E-state index in [1.54, 1.807) is 0 Å². The summed E-state index contributed by atoms with van der Waals surface area (Å²) in [5, 5.41) is 13.3. The maximum atomic E-state index is 13.1. The molecule has 1 fully saturated rings. The Bertz CT molecular complexity index is 1340. The van der Waals surface area contributed by atoms with Crippen LogP contribution in [0.4, 0.5) is 5.69 Å². The maximum Gasteiger partial charge on any atom is 0.221 e. The standard InChI is InChI=1S/C24H23N5O2S/c1-14-22(19-8-3-4-9-20(19)25-14)21(31)13-32-24-28-27-23(16-10-11-16)29(24)18-7-5-6-17(12-18)26-15(2)30/h3-9,12,16,25H,10-11,13H2,1-2H3,(H,26,30). The van der Waals surface area contributed by atoms with E-state index < -0.39 is 0 Å². The zero-order valence-corrected chi connectivity index (χ0v) is 18.7. The van der Waals surface area contributed by atoms with Gasteiger partial charge in [0.15, 0.2) is 10.9 Å². The normalized spacial score (nSPS) is 13.4. The predicted molar refractivity (Wildman–Crippen MR) is 126 cm³/mol. The molecule has 0 aliphatic heterocycles. The molecule has 5 rings (SSSR count). The van der Waals surface area contributed by atoms with Gasteiger partial charge >= 0.3 is 0 Å². The van der Waals surface area contributed by atoms with Gasteiger partial charge in [-0.1, -0.05) is 36.0 Å². The van der Waals surface area contributed by atoms with E-state index in [0.29, 0.717) is 16.8 Å². The molecule has 32 heavy (non-hydrogen) atoms. The first-order chi connectivity index (χ1) is 15.5. The number of ketones is 1. The number of hydrogen-bond acceptors (Lipinski definition) is 5. The highest BCUT2D eigenvalue weighted by Crippen LogP contribution is 2.41. The molecule has 1 aliphatic rings. The molecule has 0 bridgehead atoms. The number of aryl methyl sites for hydroxylation is 1. The van der Waals surface area contributed by atoms with Crippen molar-refractivity contribution < 1.29 is 9.59 Å². The van der Waals surface area contributed by atoms with Gasteiger partial charge in [-0.25, -0.2) is 0 Å². The van der Waals surface area contributed by atoms with E-state index in [9.17, 15) is 9.59 Å². The number of hydrogen-bond donors (Lipinski definition) is 2. The molecule has 1 aliphatic carbocycles. The predicted octanol–water partition coefficient (Wildman–Crippen LogP) is 4.87. The third-order valence-corrected chi connectivity index (χ3v) is 6.46. The molecule has 0 radical (unpaired) electrons. The lowest BCUT2D eigenvalue weighted by atomic mass is 10.1. The SMILES string of the molecule is CC(=O)Nc1cccc(-n2c(SCC(=O)c3c(C)[nH]c4ccccc34)nnc2C2CC2)c1. The summed E-state index contributed by atoms with van der Waals surface area (Å²) in [6.45, 7) is 3.42.